The van der Waals surface area contributed by atoms with Crippen LogP contribution in [0.25, 0.3) is 0 Å². The van der Waals surface area contributed by atoms with Crippen molar-refractivity contribution < 1.29 is 14.7 Å². The van der Waals surface area contributed by atoms with Crippen molar-refractivity contribution in [3.05, 3.63) is 59.7 Å². The fourth-order valence-corrected chi connectivity index (χ4v) is 1.83. The van der Waals surface area contributed by atoms with Gasteiger partial charge in [0.1, 0.15) is 18.1 Å². The van der Waals surface area contributed by atoms with Crippen molar-refractivity contribution in [3.63, 3.8) is 0 Å². The number of benzene rings is 2. The van der Waals surface area contributed by atoms with E-state index in [9.17, 15) is 0 Å². The van der Waals surface area contributed by atoms with Gasteiger partial charge in [0.15, 0.2) is 0 Å². The Morgan fingerprint density at radius 1 is 1.10 bits per heavy atom. The van der Waals surface area contributed by atoms with Gasteiger partial charge in [-0.2, -0.15) is 0 Å². The van der Waals surface area contributed by atoms with Gasteiger partial charge in [0.2, 0.25) is 0 Å². The average Bonchev–Trinajstić information content (AvgIpc) is 2.53. The van der Waals surface area contributed by atoms with Gasteiger partial charge in [-0.25, -0.2) is 0 Å². The third kappa shape index (κ3) is 3.29. The Balaban J connectivity index is 2.04. The first-order valence-electron chi connectivity index (χ1n) is 6.28. The standard InChI is InChI=1S/C16H17NO3/c1-12(17-18)13-7-9-15(10-8-13)20-11-14-5-3-4-6-16(14)19-2/h3-10,18H,11H2,1-2H3. The molecular weight excluding hydrogens is 254 g/mol. The molecule has 0 heterocycles. The second-order valence-electron chi connectivity index (χ2n) is 4.31. The van der Waals surface area contributed by atoms with Crippen LogP contribution in [0.2, 0.25) is 0 Å². The monoisotopic (exact) mass is 271 g/mol. The molecule has 0 aromatic heterocycles. The molecule has 0 atom stereocenters. The first kappa shape index (κ1) is 13.9. The van der Waals surface area contributed by atoms with E-state index in [1.807, 2.05) is 48.5 Å². The lowest BCUT2D eigenvalue weighted by Crippen LogP contribution is -1.99. The summed E-state index contributed by atoms with van der Waals surface area (Å²) in [5.41, 5.74) is 2.42. The summed E-state index contributed by atoms with van der Waals surface area (Å²) >= 11 is 0. The smallest absolute Gasteiger partial charge is 0.125 e. The average molecular weight is 271 g/mol. The molecule has 4 nitrogen and oxygen atoms in total. The van der Waals surface area contributed by atoms with E-state index in [1.165, 1.54) is 0 Å². The van der Waals surface area contributed by atoms with Crippen LogP contribution >= 0.6 is 0 Å². The molecule has 0 unspecified atom stereocenters. The summed E-state index contributed by atoms with van der Waals surface area (Å²) < 4.78 is 11.0. The maximum atomic E-state index is 8.71. The Bertz CT molecular complexity index is 591. The summed E-state index contributed by atoms with van der Waals surface area (Å²) in [6.07, 6.45) is 0. The first-order chi connectivity index (χ1) is 9.74. The minimum Gasteiger partial charge on any atom is -0.496 e. The predicted octanol–water partition coefficient (Wildman–Crippen LogP) is 3.47. The topological polar surface area (TPSA) is 51.0 Å². The van der Waals surface area contributed by atoms with Gasteiger partial charge >= 0.3 is 0 Å². The van der Waals surface area contributed by atoms with Gasteiger partial charge in [-0.3, -0.25) is 0 Å². The van der Waals surface area contributed by atoms with Crippen molar-refractivity contribution in [1.29, 1.82) is 0 Å². The lowest BCUT2D eigenvalue weighted by atomic mass is 10.1. The lowest BCUT2D eigenvalue weighted by Gasteiger charge is -2.10. The molecule has 2 rings (SSSR count). The normalized spacial score (nSPS) is 11.2. The third-order valence-electron chi connectivity index (χ3n) is 3.01. The Morgan fingerprint density at radius 3 is 2.45 bits per heavy atom. The molecular formula is C16H17NO3. The Morgan fingerprint density at radius 2 is 1.80 bits per heavy atom. The van der Waals surface area contributed by atoms with Crippen LogP contribution in [0.5, 0.6) is 11.5 Å². The van der Waals surface area contributed by atoms with Crippen LogP contribution in [-0.4, -0.2) is 18.0 Å². The zero-order valence-electron chi connectivity index (χ0n) is 11.5. The molecule has 0 spiro atoms. The molecule has 1 N–H and O–H groups in total. The largest absolute Gasteiger partial charge is 0.496 e. The summed E-state index contributed by atoms with van der Waals surface area (Å²) in [6, 6.07) is 15.1. The van der Waals surface area contributed by atoms with Crippen LogP contribution in [-0.2, 0) is 6.61 Å². The van der Waals surface area contributed by atoms with Crippen molar-refractivity contribution >= 4 is 5.71 Å². The summed E-state index contributed by atoms with van der Waals surface area (Å²) in [4.78, 5) is 0. The fraction of sp³-hybridized carbons (Fsp3) is 0.188. The molecule has 20 heavy (non-hydrogen) atoms. The van der Waals surface area contributed by atoms with Gasteiger partial charge < -0.3 is 14.7 Å². The van der Waals surface area contributed by atoms with Crippen LogP contribution < -0.4 is 9.47 Å². The van der Waals surface area contributed by atoms with Crippen molar-refractivity contribution in [2.24, 2.45) is 5.16 Å². The molecule has 104 valence electrons. The highest BCUT2D eigenvalue weighted by atomic mass is 16.5. The maximum Gasteiger partial charge on any atom is 0.125 e. The maximum absolute atomic E-state index is 8.71. The molecule has 0 bridgehead atoms. The summed E-state index contributed by atoms with van der Waals surface area (Å²) in [5, 5.41) is 11.9. The van der Waals surface area contributed by atoms with Crippen LogP contribution in [0, 0.1) is 0 Å². The fourth-order valence-electron chi connectivity index (χ4n) is 1.83. The highest BCUT2D eigenvalue weighted by Gasteiger charge is 2.03. The number of hydrogen-bond donors (Lipinski definition) is 1. The van der Waals surface area contributed by atoms with Gasteiger partial charge in [0, 0.05) is 5.56 Å². The molecule has 0 saturated heterocycles. The zero-order valence-corrected chi connectivity index (χ0v) is 11.5. The third-order valence-corrected chi connectivity index (χ3v) is 3.01. The van der Waals surface area contributed by atoms with E-state index >= 15 is 0 Å². The van der Waals surface area contributed by atoms with Gasteiger partial charge in [0.05, 0.1) is 12.8 Å². The summed E-state index contributed by atoms with van der Waals surface area (Å²) in [5.74, 6) is 1.57. The summed E-state index contributed by atoms with van der Waals surface area (Å²) in [7, 11) is 1.64. The van der Waals surface area contributed by atoms with Crippen LogP contribution in [0.1, 0.15) is 18.1 Å². The number of nitrogens with zero attached hydrogens (tertiary/aromatic N) is 1. The van der Waals surface area contributed by atoms with Crippen molar-refractivity contribution in [1.82, 2.24) is 0 Å². The zero-order chi connectivity index (χ0) is 14.4. The second-order valence-corrected chi connectivity index (χ2v) is 4.31. The summed E-state index contributed by atoms with van der Waals surface area (Å²) in [6.45, 7) is 2.18. The van der Waals surface area contributed by atoms with E-state index < -0.39 is 0 Å². The van der Waals surface area contributed by atoms with Gasteiger partial charge in [-0.05, 0) is 42.8 Å². The number of methoxy groups -OCH3 is 1. The minimum absolute atomic E-state index is 0.441. The van der Waals surface area contributed by atoms with E-state index in [0.29, 0.717) is 12.3 Å². The predicted molar refractivity (Wildman–Crippen MR) is 77.8 cm³/mol. The highest BCUT2D eigenvalue weighted by molar-refractivity contribution is 5.98. The van der Waals surface area contributed by atoms with Crippen LogP contribution in [0.4, 0.5) is 0 Å². The van der Waals surface area contributed by atoms with Crippen molar-refractivity contribution in [3.8, 4) is 11.5 Å². The molecule has 0 fully saturated rings. The molecule has 0 aliphatic rings. The van der Waals surface area contributed by atoms with Gasteiger partial charge in [0.25, 0.3) is 0 Å². The number of rotatable bonds is 5. The Kier molecular flexibility index (Phi) is 4.60. The van der Waals surface area contributed by atoms with Crippen LogP contribution in [0.3, 0.4) is 0 Å². The van der Waals surface area contributed by atoms with E-state index in [0.717, 1.165) is 22.6 Å². The van der Waals surface area contributed by atoms with Gasteiger partial charge in [-0.1, -0.05) is 23.4 Å². The minimum atomic E-state index is 0.441. The molecule has 4 heteroatoms. The molecule has 2 aromatic rings. The van der Waals surface area contributed by atoms with Crippen LogP contribution in [0.15, 0.2) is 53.7 Å². The first-order valence-corrected chi connectivity index (χ1v) is 6.28. The number of oxime groups is 1. The quantitative estimate of drug-likeness (QED) is 0.514. The highest BCUT2D eigenvalue weighted by Crippen LogP contribution is 2.20. The Labute approximate surface area is 118 Å². The molecule has 0 aliphatic carbocycles. The van der Waals surface area contributed by atoms with E-state index in [2.05, 4.69) is 5.16 Å². The van der Waals surface area contributed by atoms with E-state index in [4.69, 9.17) is 14.7 Å². The second kappa shape index (κ2) is 6.61. The molecule has 0 amide bonds. The Hall–Kier alpha value is -2.49. The molecule has 0 aliphatic heterocycles. The van der Waals surface area contributed by atoms with E-state index in [1.54, 1.807) is 14.0 Å². The van der Waals surface area contributed by atoms with Gasteiger partial charge in [-0.15, -0.1) is 0 Å². The number of ether oxygens (including phenoxy) is 2. The number of para-hydroxylation sites is 1. The number of hydrogen-bond acceptors (Lipinski definition) is 4. The van der Waals surface area contributed by atoms with Crippen molar-refractivity contribution in [2.75, 3.05) is 7.11 Å². The SMILES string of the molecule is COc1ccccc1COc1ccc(C(C)=NO)cc1. The lowest BCUT2D eigenvalue weighted by molar-refractivity contribution is 0.296. The molecule has 2 aromatic carbocycles. The van der Waals surface area contributed by atoms with E-state index in [-0.39, 0.29) is 0 Å². The van der Waals surface area contributed by atoms with Crippen molar-refractivity contribution in [2.45, 2.75) is 13.5 Å². The molecule has 0 saturated carbocycles. The molecule has 0 radical (unpaired) electrons.